The van der Waals surface area contributed by atoms with Crippen molar-refractivity contribution < 1.29 is 14.0 Å². The molecule has 5 heteroatoms. The van der Waals surface area contributed by atoms with Gasteiger partial charge in [0, 0.05) is 19.0 Å². The quantitative estimate of drug-likeness (QED) is 0.769. The summed E-state index contributed by atoms with van der Waals surface area (Å²) >= 11 is 0. The summed E-state index contributed by atoms with van der Waals surface area (Å²) in [5, 5.41) is 5.46. The van der Waals surface area contributed by atoms with Crippen LogP contribution < -0.4 is 10.6 Å². The summed E-state index contributed by atoms with van der Waals surface area (Å²) in [7, 11) is 0. The summed E-state index contributed by atoms with van der Waals surface area (Å²) < 4.78 is 4.91. The predicted molar refractivity (Wildman–Crippen MR) is 56.8 cm³/mol. The van der Waals surface area contributed by atoms with Crippen LogP contribution in [0.25, 0.3) is 0 Å². The minimum absolute atomic E-state index is 0.0118. The monoisotopic (exact) mass is 222 g/mol. The normalized spacial score (nSPS) is 14.5. The Kier molecular flexibility index (Phi) is 3.24. The summed E-state index contributed by atoms with van der Waals surface area (Å²) in [5.74, 6) is -0.0333. The zero-order valence-corrected chi connectivity index (χ0v) is 8.86. The Bertz CT molecular complexity index is 369. The number of hydrogen-bond acceptors (Lipinski definition) is 3. The third-order valence-corrected chi connectivity index (χ3v) is 2.33. The Morgan fingerprint density at radius 1 is 1.44 bits per heavy atom. The second-order valence-electron chi connectivity index (χ2n) is 3.82. The van der Waals surface area contributed by atoms with Crippen molar-refractivity contribution in [2.75, 3.05) is 6.54 Å². The molecule has 0 saturated heterocycles. The molecule has 1 aromatic heterocycles. The van der Waals surface area contributed by atoms with Gasteiger partial charge in [0.2, 0.25) is 5.91 Å². The van der Waals surface area contributed by atoms with Gasteiger partial charge < -0.3 is 15.1 Å². The molecule has 0 unspecified atom stereocenters. The molecule has 1 fully saturated rings. The molecule has 0 radical (unpaired) electrons. The zero-order valence-electron chi connectivity index (χ0n) is 8.86. The van der Waals surface area contributed by atoms with Crippen molar-refractivity contribution in [2.45, 2.75) is 25.3 Å². The van der Waals surface area contributed by atoms with Crippen molar-refractivity contribution in [3.05, 3.63) is 24.2 Å². The average Bonchev–Trinajstić information content (AvgIpc) is 2.90. The highest BCUT2D eigenvalue weighted by Crippen LogP contribution is 2.18. The lowest BCUT2D eigenvalue weighted by Gasteiger charge is -2.04. The van der Waals surface area contributed by atoms with Crippen LogP contribution in [-0.2, 0) is 4.79 Å². The number of furan rings is 1. The highest BCUT2D eigenvalue weighted by molar-refractivity contribution is 5.91. The third kappa shape index (κ3) is 3.12. The van der Waals surface area contributed by atoms with Crippen molar-refractivity contribution in [2.24, 2.45) is 0 Å². The van der Waals surface area contributed by atoms with E-state index in [-0.39, 0.29) is 17.6 Å². The first-order chi connectivity index (χ1) is 7.75. The summed E-state index contributed by atoms with van der Waals surface area (Å²) in [5.41, 5.74) is 0. The Morgan fingerprint density at radius 3 is 2.88 bits per heavy atom. The van der Waals surface area contributed by atoms with Gasteiger partial charge in [0.15, 0.2) is 5.76 Å². The second-order valence-corrected chi connectivity index (χ2v) is 3.82. The van der Waals surface area contributed by atoms with Gasteiger partial charge >= 0.3 is 0 Å². The maximum Gasteiger partial charge on any atom is 0.286 e. The minimum atomic E-state index is -0.288. The number of carbonyl (C=O) groups excluding carboxylic acids is 2. The van der Waals surface area contributed by atoms with Crippen LogP contribution in [-0.4, -0.2) is 24.4 Å². The minimum Gasteiger partial charge on any atom is -0.459 e. The summed E-state index contributed by atoms with van der Waals surface area (Å²) in [6, 6.07) is 3.60. The maximum absolute atomic E-state index is 11.4. The molecule has 16 heavy (non-hydrogen) atoms. The smallest absolute Gasteiger partial charge is 0.286 e. The van der Waals surface area contributed by atoms with E-state index in [4.69, 9.17) is 4.42 Å². The van der Waals surface area contributed by atoms with Crippen LogP contribution in [0.1, 0.15) is 29.8 Å². The fraction of sp³-hybridized carbons (Fsp3) is 0.455. The van der Waals surface area contributed by atoms with Crippen LogP contribution in [0.5, 0.6) is 0 Å². The molecule has 2 amide bonds. The number of rotatable bonds is 5. The number of hydrogen-bond donors (Lipinski definition) is 2. The Hall–Kier alpha value is -1.78. The molecule has 0 aromatic carbocycles. The van der Waals surface area contributed by atoms with Crippen molar-refractivity contribution in [3.63, 3.8) is 0 Å². The van der Waals surface area contributed by atoms with E-state index in [0.717, 1.165) is 12.8 Å². The zero-order chi connectivity index (χ0) is 11.4. The van der Waals surface area contributed by atoms with E-state index in [0.29, 0.717) is 19.0 Å². The molecule has 1 aliphatic rings. The van der Waals surface area contributed by atoms with Gasteiger partial charge in [-0.15, -0.1) is 0 Å². The lowest BCUT2D eigenvalue weighted by atomic mass is 10.3. The Morgan fingerprint density at radius 2 is 2.25 bits per heavy atom. The van der Waals surface area contributed by atoms with Gasteiger partial charge in [-0.2, -0.15) is 0 Å². The molecule has 1 aromatic rings. The van der Waals surface area contributed by atoms with Crippen LogP contribution in [0.3, 0.4) is 0 Å². The van der Waals surface area contributed by atoms with E-state index in [2.05, 4.69) is 10.6 Å². The molecule has 1 saturated carbocycles. The van der Waals surface area contributed by atoms with Crippen LogP contribution in [0, 0.1) is 0 Å². The van der Waals surface area contributed by atoms with Crippen LogP contribution in [0.2, 0.25) is 0 Å². The fourth-order valence-corrected chi connectivity index (χ4v) is 1.31. The van der Waals surface area contributed by atoms with Gasteiger partial charge in [-0.1, -0.05) is 0 Å². The Labute approximate surface area is 93.2 Å². The largest absolute Gasteiger partial charge is 0.459 e. The molecule has 2 N–H and O–H groups in total. The van der Waals surface area contributed by atoms with Crippen molar-refractivity contribution in [1.82, 2.24) is 10.6 Å². The van der Waals surface area contributed by atoms with Crippen molar-refractivity contribution >= 4 is 11.8 Å². The highest BCUT2D eigenvalue weighted by Gasteiger charge is 2.22. The SMILES string of the molecule is O=C(CCNC(=O)c1ccco1)NC1CC1. The predicted octanol–water partition coefficient (Wildman–Crippen LogP) is 0.678. The summed E-state index contributed by atoms with van der Waals surface area (Å²) in [6.45, 7) is 0.331. The van der Waals surface area contributed by atoms with Crippen LogP contribution in [0.15, 0.2) is 22.8 Å². The highest BCUT2D eigenvalue weighted by atomic mass is 16.3. The average molecular weight is 222 g/mol. The molecule has 0 aliphatic heterocycles. The number of amides is 2. The number of nitrogens with one attached hydrogen (secondary N) is 2. The first-order valence-corrected chi connectivity index (χ1v) is 5.37. The van der Waals surface area contributed by atoms with Gasteiger partial charge in [0.25, 0.3) is 5.91 Å². The van der Waals surface area contributed by atoms with Gasteiger partial charge in [-0.3, -0.25) is 9.59 Å². The van der Waals surface area contributed by atoms with E-state index >= 15 is 0 Å². The molecule has 1 aliphatic carbocycles. The fourth-order valence-electron chi connectivity index (χ4n) is 1.31. The van der Waals surface area contributed by atoms with Crippen molar-refractivity contribution in [3.8, 4) is 0 Å². The summed E-state index contributed by atoms with van der Waals surface area (Å²) in [4.78, 5) is 22.7. The Balaban J connectivity index is 1.63. The third-order valence-electron chi connectivity index (χ3n) is 2.33. The lowest BCUT2D eigenvalue weighted by molar-refractivity contribution is -0.121. The second kappa shape index (κ2) is 4.83. The molecule has 0 spiro atoms. The molecule has 1 heterocycles. The van der Waals surface area contributed by atoms with E-state index in [1.807, 2.05) is 0 Å². The molecule has 2 rings (SSSR count). The molecule has 5 nitrogen and oxygen atoms in total. The van der Waals surface area contributed by atoms with Gasteiger partial charge in [-0.25, -0.2) is 0 Å². The first-order valence-electron chi connectivity index (χ1n) is 5.37. The summed E-state index contributed by atoms with van der Waals surface area (Å²) in [6.07, 6.45) is 3.90. The molecule has 86 valence electrons. The first kappa shape index (κ1) is 10.7. The standard InChI is InChI=1S/C11H14N2O3/c14-10(13-8-3-4-8)5-6-12-11(15)9-2-1-7-16-9/h1-2,7-8H,3-6H2,(H,12,15)(H,13,14). The van der Waals surface area contributed by atoms with Crippen molar-refractivity contribution in [1.29, 1.82) is 0 Å². The van der Waals surface area contributed by atoms with Gasteiger partial charge in [0.1, 0.15) is 0 Å². The van der Waals surface area contributed by atoms with Gasteiger partial charge in [0.05, 0.1) is 6.26 Å². The lowest BCUT2D eigenvalue weighted by Crippen LogP contribution is -2.31. The van der Waals surface area contributed by atoms with E-state index in [1.165, 1.54) is 6.26 Å². The van der Waals surface area contributed by atoms with Crippen LogP contribution >= 0.6 is 0 Å². The maximum atomic E-state index is 11.4. The van der Waals surface area contributed by atoms with Gasteiger partial charge in [-0.05, 0) is 25.0 Å². The van der Waals surface area contributed by atoms with Crippen LogP contribution in [0.4, 0.5) is 0 Å². The molecular weight excluding hydrogens is 208 g/mol. The van der Waals surface area contributed by atoms with E-state index in [1.54, 1.807) is 12.1 Å². The number of carbonyl (C=O) groups is 2. The van der Waals surface area contributed by atoms with E-state index < -0.39 is 0 Å². The topological polar surface area (TPSA) is 71.3 Å². The molecular formula is C11H14N2O3. The molecule has 0 bridgehead atoms. The van der Waals surface area contributed by atoms with E-state index in [9.17, 15) is 9.59 Å². The molecule has 0 atom stereocenters.